The Morgan fingerprint density at radius 1 is 1.23 bits per heavy atom. The molecule has 1 heterocycles. The van der Waals surface area contributed by atoms with Crippen LogP contribution in [0.15, 0.2) is 47.1 Å². The number of benzene rings is 1. The fraction of sp³-hybridized carbons (Fsp3) is 0.267. The lowest BCUT2D eigenvalue weighted by Gasteiger charge is -2.14. The van der Waals surface area contributed by atoms with Gasteiger partial charge in [-0.1, -0.05) is 0 Å². The van der Waals surface area contributed by atoms with Gasteiger partial charge in [-0.2, -0.15) is 13.2 Å². The lowest BCUT2D eigenvalue weighted by Crippen LogP contribution is -2.37. The first-order chi connectivity index (χ1) is 10.3. The van der Waals surface area contributed by atoms with Gasteiger partial charge in [0, 0.05) is 18.2 Å². The summed E-state index contributed by atoms with van der Waals surface area (Å²) in [5, 5.41) is 5.16. The fourth-order valence-electron chi connectivity index (χ4n) is 1.92. The van der Waals surface area contributed by atoms with E-state index in [1.807, 2.05) is 0 Å². The smallest absolute Gasteiger partial charge is 0.416 e. The van der Waals surface area contributed by atoms with E-state index in [0.29, 0.717) is 6.42 Å². The summed E-state index contributed by atoms with van der Waals surface area (Å²) in [6.45, 7) is 1.80. The van der Waals surface area contributed by atoms with Crippen molar-refractivity contribution < 1.29 is 22.4 Å². The zero-order valence-electron chi connectivity index (χ0n) is 11.8. The molecule has 0 aliphatic rings. The van der Waals surface area contributed by atoms with E-state index in [-0.39, 0.29) is 11.7 Å². The average Bonchev–Trinajstić information content (AvgIpc) is 2.90. The van der Waals surface area contributed by atoms with E-state index in [1.54, 1.807) is 25.3 Å². The van der Waals surface area contributed by atoms with Crippen molar-refractivity contribution in [1.29, 1.82) is 0 Å². The molecule has 0 fully saturated rings. The fourth-order valence-corrected chi connectivity index (χ4v) is 1.92. The van der Waals surface area contributed by atoms with Gasteiger partial charge in [-0.05, 0) is 43.3 Å². The Balaban J connectivity index is 1.86. The summed E-state index contributed by atoms with van der Waals surface area (Å²) in [6.07, 6.45) is -2.32. The minimum absolute atomic E-state index is 0.180. The van der Waals surface area contributed by atoms with Crippen molar-refractivity contribution in [1.82, 2.24) is 5.32 Å². The molecule has 2 N–H and O–H groups in total. The van der Waals surface area contributed by atoms with Gasteiger partial charge in [-0.15, -0.1) is 0 Å². The average molecular weight is 312 g/mol. The SMILES string of the molecule is CC(Cc1ccco1)NC(=O)Nc1ccc(C(F)(F)F)cc1. The minimum Gasteiger partial charge on any atom is -0.469 e. The molecule has 0 aliphatic carbocycles. The molecule has 0 saturated carbocycles. The van der Waals surface area contributed by atoms with Crippen LogP contribution in [0, 0.1) is 0 Å². The molecule has 0 aliphatic heterocycles. The third-order valence-corrected chi connectivity index (χ3v) is 2.94. The predicted molar refractivity (Wildman–Crippen MR) is 75.5 cm³/mol. The van der Waals surface area contributed by atoms with Crippen LogP contribution in [0.3, 0.4) is 0 Å². The molecule has 1 aromatic heterocycles. The summed E-state index contributed by atoms with van der Waals surface area (Å²) < 4.78 is 42.4. The van der Waals surface area contributed by atoms with Crippen LogP contribution in [0.5, 0.6) is 0 Å². The number of amides is 2. The van der Waals surface area contributed by atoms with Crippen LogP contribution >= 0.6 is 0 Å². The highest BCUT2D eigenvalue weighted by Crippen LogP contribution is 2.29. The maximum Gasteiger partial charge on any atom is 0.416 e. The van der Waals surface area contributed by atoms with E-state index in [1.165, 1.54) is 12.1 Å². The largest absolute Gasteiger partial charge is 0.469 e. The first kappa shape index (κ1) is 15.9. The molecule has 2 rings (SSSR count). The van der Waals surface area contributed by atoms with Crippen LogP contribution in [0.1, 0.15) is 18.2 Å². The van der Waals surface area contributed by atoms with Gasteiger partial charge in [0.25, 0.3) is 0 Å². The summed E-state index contributed by atoms with van der Waals surface area (Å²) in [5.74, 6) is 0.738. The molecule has 0 saturated heterocycles. The topological polar surface area (TPSA) is 54.3 Å². The van der Waals surface area contributed by atoms with Gasteiger partial charge in [0.1, 0.15) is 5.76 Å². The molecule has 22 heavy (non-hydrogen) atoms. The maximum absolute atomic E-state index is 12.4. The summed E-state index contributed by atoms with van der Waals surface area (Å²) in [5.41, 5.74) is -0.472. The molecule has 0 spiro atoms. The highest BCUT2D eigenvalue weighted by atomic mass is 19.4. The molecule has 2 aromatic rings. The van der Waals surface area contributed by atoms with Gasteiger partial charge in [-0.3, -0.25) is 0 Å². The summed E-state index contributed by atoms with van der Waals surface area (Å²) in [6, 6.07) is 7.14. The van der Waals surface area contributed by atoms with Crippen molar-refractivity contribution >= 4 is 11.7 Å². The molecule has 1 unspecified atom stereocenters. The summed E-state index contributed by atoms with van der Waals surface area (Å²) in [7, 11) is 0. The maximum atomic E-state index is 12.4. The molecule has 7 heteroatoms. The van der Waals surface area contributed by atoms with Gasteiger partial charge >= 0.3 is 12.2 Å². The number of urea groups is 1. The Hall–Kier alpha value is -2.44. The number of hydrogen-bond acceptors (Lipinski definition) is 2. The second-order valence-electron chi connectivity index (χ2n) is 4.86. The molecule has 2 amide bonds. The predicted octanol–water partition coefficient (Wildman–Crippen LogP) is 4.05. The second-order valence-corrected chi connectivity index (χ2v) is 4.86. The number of alkyl halides is 3. The first-order valence-corrected chi connectivity index (χ1v) is 6.62. The van der Waals surface area contributed by atoms with Gasteiger partial charge in [0.2, 0.25) is 0 Å². The van der Waals surface area contributed by atoms with Crippen molar-refractivity contribution in [3.8, 4) is 0 Å². The molecule has 1 atom stereocenters. The molecular weight excluding hydrogens is 297 g/mol. The van der Waals surface area contributed by atoms with Crippen molar-refractivity contribution in [3.05, 3.63) is 54.0 Å². The van der Waals surface area contributed by atoms with E-state index in [2.05, 4.69) is 10.6 Å². The molecule has 4 nitrogen and oxygen atoms in total. The Morgan fingerprint density at radius 2 is 1.91 bits per heavy atom. The Labute approximate surface area is 125 Å². The summed E-state index contributed by atoms with van der Waals surface area (Å²) >= 11 is 0. The van der Waals surface area contributed by atoms with Crippen LogP contribution in [-0.2, 0) is 12.6 Å². The van der Waals surface area contributed by atoms with Gasteiger partial charge in [0.05, 0.1) is 11.8 Å². The van der Waals surface area contributed by atoms with E-state index in [9.17, 15) is 18.0 Å². The number of hydrogen-bond donors (Lipinski definition) is 2. The first-order valence-electron chi connectivity index (χ1n) is 6.62. The van der Waals surface area contributed by atoms with Crippen LogP contribution in [0.25, 0.3) is 0 Å². The number of nitrogens with one attached hydrogen (secondary N) is 2. The van der Waals surface area contributed by atoms with E-state index in [0.717, 1.165) is 17.9 Å². The van der Waals surface area contributed by atoms with Crippen LogP contribution in [0.4, 0.5) is 23.7 Å². The quantitative estimate of drug-likeness (QED) is 0.895. The van der Waals surface area contributed by atoms with Gasteiger partial charge in [-0.25, -0.2) is 4.79 Å². The van der Waals surface area contributed by atoms with E-state index in [4.69, 9.17) is 4.42 Å². The Morgan fingerprint density at radius 3 is 2.45 bits per heavy atom. The molecule has 0 radical (unpaired) electrons. The number of carbonyl (C=O) groups excluding carboxylic acids is 1. The number of carbonyl (C=O) groups is 1. The number of anilines is 1. The molecule has 1 aromatic carbocycles. The van der Waals surface area contributed by atoms with Crippen molar-refractivity contribution in [2.45, 2.75) is 25.6 Å². The second kappa shape index (κ2) is 6.55. The lowest BCUT2D eigenvalue weighted by atomic mass is 10.2. The Kier molecular flexibility index (Phi) is 4.75. The van der Waals surface area contributed by atoms with E-state index < -0.39 is 17.8 Å². The van der Waals surface area contributed by atoms with Crippen molar-refractivity contribution in [2.24, 2.45) is 0 Å². The van der Waals surface area contributed by atoms with Crippen molar-refractivity contribution in [2.75, 3.05) is 5.32 Å². The lowest BCUT2D eigenvalue weighted by molar-refractivity contribution is -0.137. The van der Waals surface area contributed by atoms with Crippen LogP contribution in [0.2, 0.25) is 0 Å². The summed E-state index contributed by atoms with van der Waals surface area (Å²) in [4.78, 5) is 11.8. The van der Waals surface area contributed by atoms with E-state index >= 15 is 0 Å². The Bertz CT molecular complexity index is 607. The minimum atomic E-state index is -4.39. The highest BCUT2D eigenvalue weighted by Gasteiger charge is 2.29. The standard InChI is InChI=1S/C15H15F3N2O2/c1-10(9-13-3-2-8-22-13)19-14(21)20-12-6-4-11(5-7-12)15(16,17)18/h2-8,10H,9H2,1H3,(H2,19,20,21). The molecule has 0 bridgehead atoms. The number of halogens is 3. The third kappa shape index (κ3) is 4.54. The number of rotatable bonds is 4. The monoisotopic (exact) mass is 312 g/mol. The highest BCUT2D eigenvalue weighted by molar-refractivity contribution is 5.89. The zero-order valence-corrected chi connectivity index (χ0v) is 11.8. The molecular formula is C15H15F3N2O2. The van der Waals surface area contributed by atoms with Gasteiger partial charge in [0.15, 0.2) is 0 Å². The molecule has 118 valence electrons. The number of furan rings is 1. The zero-order chi connectivity index (χ0) is 16.2. The van der Waals surface area contributed by atoms with Crippen molar-refractivity contribution in [3.63, 3.8) is 0 Å². The third-order valence-electron chi connectivity index (χ3n) is 2.94. The van der Waals surface area contributed by atoms with Crippen LogP contribution in [-0.4, -0.2) is 12.1 Å². The normalized spacial score (nSPS) is 12.7. The van der Waals surface area contributed by atoms with Gasteiger partial charge < -0.3 is 15.1 Å². The van der Waals surface area contributed by atoms with Crippen LogP contribution < -0.4 is 10.6 Å².